The van der Waals surface area contributed by atoms with Crippen molar-refractivity contribution in [3.8, 4) is 0 Å². The average Bonchev–Trinajstić information content (AvgIpc) is 3.24. The number of carboxylic acids is 1. The molecule has 0 aliphatic rings. The van der Waals surface area contributed by atoms with E-state index in [0.717, 1.165) is 109 Å². The van der Waals surface area contributed by atoms with Gasteiger partial charge in [-0.3, -0.25) is 9.59 Å². The Hall–Kier alpha value is -4.83. The van der Waals surface area contributed by atoms with Crippen LogP contribution in [-0.2, 0) is 33.3 Å². The van der Waals surface area contributed by atoms with Gasteiger partial charge < -0.3 is 28.5 Å². The Morgan fingerprint density at radius 2 is 0.600 bits per heavy atom. The highest BCUT2D eigenvalue weighted by Crippen LogP contribution is 2.18. The number of likely N-dealkylation sites (N-methyl/N-ethyl adjacent to an activating group) is 1. The number of hydrogen-bond acceptors (Lipinski definition) is 7. The largest absolute Gasteiger partial charge is 0.477 e. The molecule has 0 aliphatic heterocycles. The molecule has 0 saturated heterocycles. The van der Waals surface area contributed by atoms with Gasteiger partial charge in [-0.2, -0.15) is 0 Å². The first-order valence-corrected chi connectivity index (χ1v) is 39.0. The number of carbonyl (C=O) groups excluding carboxylic acids is 2. The Morgan fingerprint density at radius 1 is 0.326 bits per heavy atom. The summed E-state index contributed by atoms with van der Waals surface area (Å²) in [5.74, 6) is -2.05. The van der Waals surface area contributed by atoms with Crippen molar-refractivity contribution in [2.45, 2.75) is 334 Å². The van der Waals surface area contributed by atoms with Gasteiger partial charge in [0, 0.05) is 12.8 Å². The molecule has 0 fully saturated rings. The molecule has 0 heterocycles. The third kappa shape index (κ3) is 76.4. The van der Waals surface area contributed by atoms with E-state index in [1.54, 1.807) is 0 Å². The van der Waals surface area contributed by atoms with E-state index in [2.05, 4.69) is 160 Å². The van der Waals surface area contributed by atoms with Gasteiger partial charge in [0.15, 0.2) is 6.10 Å². The fourth-order valence-corrected chi connectivity index (χ4v) is 10.7. The first kappa shape index (κ1) is 90.2. The lowest BCUT2D eigenvalue weighted by molar-refractivity contribution is -0.870. The van der Waals surface area contributed by atoms with Crippen molar-refractivity contribution in [1.29, 1.82) is 0 Å². The van der Waals surface area contributed by atoms with Crippen molar-refractivity contribution in [3.63, 3.8) is 0 Å². The standard InChI is InChI=1S/C86H145NO8/c1-6-8-10-12-14-16-18-20-22-24-26-28-30-32-34-36-38-39-40-41-42-43-44-45-47-48-50-52-54-56-58-60-62-64-66-68-70-72-74-76-83(88)93-80-82(81-94-86(85(90)91)92-79-78-87(3,4)5)95-84(89)77-75-73-71-69-67-65-63-61-59-57-55-53-51-49-46-37-35-33-31-29-27-25-23-21-19-17-15-13-11-9-7-2/h9,11,15,17-18,20-21,23-24,26-27,29-30,32-33,35,46,49,53,55,59,61,65,67,82,86H,6-8,10,12-14,16,19,22,25,28,31,34,36-45,47-48,50-52,54,56-58,60,62-64,66,68-81H2,1-5H3/p+1/b11-9-,17-15-,20-18-,23-21-,26-24-,29-27-,32-30-,35-33-,49-46-,55-53-,61-59-,67-65-. The number of carbonyl (C=O) groups is 3. The maximum Gasteiger partial charge on any atom is 0.361 e. The van der Waals surface area contributed by atoms with E-state index in [1.165, 1.54) is 180 Å². The normalized spacial score (nSPS) is 13.5. The number of carboxylic acid groups (broad SMARTS) is 1. The molecule has 2 atom stereocenters. The Bertz CT molecular complexity index is 2080. The number of rotatable bonds is 71. The number of ether oxygens (including phenoxy) is 4. The van der Waals surface area contributed by atoms with Crippen molar-refractivity contribution < 1.29 is 42.9 Å². The lowest BCUT2D eigenvalue weighted by Gasteiger charge is -2.25. The summed E-state index contributed by atoms with van der Waals surface area (Å²) in [7, 11) is 5.96. The molecule has 9 nitrogen and oxygen atoms in total. The van der Waals surface area contributed by atoms with Crippen LogP contribution in [0.4, 0.5) is 0 Å². The van der Waals surface area contributed by atoms with E-state index in [0.29, 0.717) is 17.4 Å². The predicted molar refractivity (Wildman–Crippen MR) is 410 cm³/mol. The molecule has 0 aromatic carbocycles. The van der Waals surface area contributed by atoms with Crippen molar-refractivity contribution in [1.82, 2.24) is 0 Å². The van der Waals surface area contributed by atoms with Crippen LogP contribution in [-0.4, -0.2) is 87.4 Å². The Balaban J connectivity index is 4.10. The van der Waals surface area contributed by atoms with Crippen LogP contribution in [0.2, 0.25) is 0 Å². The van der Waals surface area contributed by atoms with Gasteiger partial charge in [-0.25, -0.2) is 4.79 Å². The van der Waals surface area contributed by atoms with Crippen molar-refractivity contribution >= 4 is 17.9 Å². The first-order chi connectivity index (χ1) is 46.6. The molecule has 0 saturated carbocycles. The van der Waals surface area contributed by atoms with Crippen LogP contribution in [0.3, 0.4) is 0 Å². The molecule has 0 aromatic heterocycles. The number of aliphatic carboxylic acids is 1. The van der Waals surface area contributed by atoms with E-state index < -0.39 is 24.3 Å². The quantitative estimate of drug-likeness (QED) is 0.0211. The monoisotopic (exact) mass is 1320 g/mol. The Kier molecular flexibility index (Phi) is 71.1. The van der Waals surface area contributed by atoms with Gasteiger partial charge in [0.1, 0.15) is 13.2 Å². The van der Waals surface area contributed by atoms with Gasteiger partial charge in [-0.15, -0.1) is 0 Å². The highest BCUT2D eigenvalue weighted by atomic mass is 16.7. The zero-order chi connectivity index (χ0) is 69.0. The minimum atomic E-state index is -1.53. The number of esters is 2. The number of nitrogens with zero attached hydrogens (tertiary/aromatic N) is 1. The van der Waals surface area contributed by atoms with E-state index in [1.807, 2.05) is 21.1 Å². The molecule has 0 aromatic rings. The summed E-state index contributed by atoms with van der Waals surface area (Å²) in [6, 6.07) is 0. The zero-order valence-corrected chi connectivity index (χ0v) is 62.0. The van der Waals surface area contributed by atoms with Crippen LogP contribution in [0, 0.1) is 0 Å². The minimum Gasteiger partial charge on any atom is -0.477 e. The van der Waals surface area contributed by atoms with Crippen LogP contribution in [0.5, 0.6) is 0 Å². The summed E-state index contributed by atoms with van der Waals surface area (Å²) >= 11 is 0. The third-order valence-corrected chi connectivity index (χ3v) is 16.6. The topological polar surface area (TPSA) is 108 Å². The van der Waals surface area contributed by atoms with E-state index in [4.69, 9.17) is 18.9 Å². The van der Waals surface area contributed by atoms with Crippen molar-refractivity contribution in [3.05, 3.63) is 146 Å². The predicted octanol–water partition coefficient (Wildman–Crippen LogP) is 25.0. The molecule has 95 heavy (non-hydrogen) atoms. The molecule has 0 bridgehead atoms. The van der Waals surface area contributed by atoms with Gasteiger partial charge >= 0.3 is 17.9 Å². The third-order valence-electron chi connectivity index (χ3n) is 16.6. The molecule has 542 valence electrons. The molecule has 1 N–H and O–H groups in total. The number of unbranched alkanes of at least 4 members (excludes halogenated alkanes) is 32. The smallest absolute Gasteiger partial charge is 0.361 e. The Labute approximate surface area is 585 Å². The summed E-state index contributed by atoms with van der Waals surface area (Å²) in [4.78, 5) is 37.7. The van der Waals surface area contributed by atoms with Crippen LogP contribution in [0.1, 0.15) is 322 Å². The van der Waals surface area contributed by atoms with E-state index in [9.17, 15) is 19.5 Å². The number of quaternary nitrogens is 1. The van der Waals surface area contributed by atoms with Gasteiger partial charge in [0.05, 0.1) is 34.4 Å². The number of hydrogen-bond donors (Lipinski definition) is 1. The van der Waals surface area contributed by atoms with Gasteiger partial charge in [-0.05, 0) is 122 Å². The van der Waals surface area contributed by atoms with Gasteiger partial charge in [0.2, 0.25) is 0 Å². The molecule has 0 amide bonds. The molecule has 0 aliphatic carbocycles. The van der Waals surface area contributed by atoms with Crippen LogP contribution in [0.25, 0.3) is 0 Å². The molecule has 9 heteroatoms. The van der Waals surface area contributed by atoms with E-state index in [-0.39, 0.29) is 38.6 Å². The summed E-state index contributed by atoms with van der Waals surface area (Å²) in [6.07, 6.45) is 107. The van der Waals surface area contributed by atoms with Crippen molar-refractivity contribution in [2.24, 2.45) is 0 Å². The second-order valence-corrected chi connectivity index (χ2v) is 26.9. The molecular weight excluding hydrogens is 1170 g/mol. The average molecular weight is 1320 g/mol. The molecule has 2 unspecified atom stereocenters. The fraction of sp³-hybridized carbons (Fsp3) is 0.686. The molecule has 0 rings (SSSR count). The van der Waals surface area contributed by atoms with Crippen LogP contribution < -0.4 is 0 Å². The fourth-order valence-electron chi connectivity index (χ4n) is 10.7. The van der Waals surface area contributed by atoms with Crippen molar-refractivity contribution in [2.75, 3.05) is 47.5 Å². The molecular formula is C86H146NO8+. The highest BCUT2D eigenvalue weighted by Gasteiger charge is 2.25. The lowest BCUT2D eigenvalue weighted by Crippen LogP contribution is -2.40. The van der Waals surface area contributed by atoms with E-state index >= 15 is 0 Å². The SMILES string of the molecule is CC/C=C\C/C=C\C/C=C\C/C=C\C/C=C\C/C=C\C/C=C\C/C=C\C/C=C\CCCCCC(=O)OC(COC(=O)CCCCCCCCCCCCCCCCCCCCCCCCCC/C=C\C/C=C\C/C=C\CCCCCCC)COC(OCC[N+](C)(C)C)C(=O)O. The molecule has 0 radical (unpaired) electrons. The lowest BCUT2D eigenvalue weighted by atomic mass is 10.0. The van der Waals surface area contributed by atoms with Crippen LogP contribution >= 0.6 is 0 Å². The number of allylic oxidation sites excluding steroid dienone is 24. The maximum atomic E-state index is 13.0. The summed E-state index contributed by atoms with van der Waals surface area (Å²) in [5.41, 5.74) is 0. The highest BCUT2D eigenvalue weighted by molar-refractivity contribution is 5.71. The molecule has 0 spiro atoms. The maximum absolute atomic E-state index is 13.0. The summed E-state index contributed by atoms with van der Waals surface area (Å²) in [5, 5.41) is 9.76. The second kappa shape index (κ2) is 75.0. The second-order valence-electron chi connectivity index (χ2n) is 26.9. The summed E-state index contributed by atoms with van der Waals surface area (Å²) in [6.45, 7) is 4.72. The van der Waals surface area contributed by atoms with Gasteiger partial charge in [-0.1, -0.05) is 333 Å². The summed E-state index contributed by atoms with van der Waals surface area (Å²) < 4.78 is 23.0. The van der Waals surface area contributed by atoms with Crippen LogP contribution in [0.15, 0.2) is 146 Å². The minimum absolute atomic E-state index is 0.175. The first-order valence-electron chi connectivity index (χ1n) is 39.0. The van der Waals surface area contributed by atoms with Gasteiger partial charge in [0.25, 0.3) is 6.29 Å². The Morgan fingerprint density at radius 3 is 0.905 bits per heavy atom. The zero-order valence-electron chi connectivity index (χ0n) is 62.0.